The van der Waals surface area contributed by atoms with Crippen molar-refractivity contribution in [1.29, 1.82) is 0 Å². The molecule has 4 heteroatoms. The zero-order chi connectivity index (χ0) is 18.6. The van der Waals surface area contributed by atoms with E-state index in [4.69, 9.17) is 0 Å². The zero-order valence-corrected chi connectivity index (χ0v) is 16.6. The van der Waals surface area contributed by atoms with Crippen molar-refractivity contribution in [3.05, 3.63) is 48.7 Å². The van der Waals surface area contributed by atoms with Crippen LogP contribution in [0.15, 0.2) is 48.7 Å². The summed E-state index contributed by atoms with van der Waals surface area (Å²) in [6.45, 7) is 7.05. The Morgan fingerprint density at radius 3 is 3.04 bits per heavy atom. The van der Waals surface area contributed by atoms with Gasteiger partial charge >= 0.3 is 0 Å². The molecule has 4 nitrogen and oxygen atoms in total. The molecule has 0 bridgehead atoms. The van der Waals surface area contributed by atoms with E-state index in [0.29, 0.717) is 23.9 Å². The third-order valence-corrected chi connectivity index (χ3v) is 6.23. The number of aromatic amines is 1. The third kappa shape index (κ3) is 4.11. The van der Waals surface area contributed by atoms with Gasteiger partial charge in [0.25, 0.3) is 0 Å². The molecule has 1 aliphatic heterocycles. The van der Waals surface area contributed by atoms with Gasteiger partial charge in [0.2, 0.25) is 0 Å². The lowest BCUT2D eigenvalue weighted by atomic mass is 9.80. The van der Waals surface area contributed by atoms with Gasteiger partial charge in [-0.15, -0.1) is 0 Å². The van der Waals surface area contributed by atoms with E-state index in [-0.39, 0.29) is 0 Å². The third-order valence-electron chi connectivity index (χ3n) is 6.23. The lowest BCUT2D eigenvalue weighted by molar-refractivity contribution is 0.105. The first-order valence-electron chi connectivity index (χ1n) is 10.5. The highest BCUT2D eigenvalue weighted by molar-refractivity contribution is 5.81. The van der Waals surface area contributed by atoms with Crippen LogP contribution in [0.3, 0.4) is 0 Å². The number of aromatic nitrogens is 2. The molecule has 2 N–H and O–H groups in total. The molecule has 2 aliphatic rings. The van der Waals surface area contributed by atoms with Crippen molar-refractivity contribution in [3.63, 3.8) is 0 Å². The van der Waals surface area contributed by atoms with Crippen LogP contribution in [0.5, 0.6) is 0 Å². The molecule has 0 spiro atoms. The zero-order valence-electron chi connectivity index (χ0n) is 16.6. The van der Waals surface area contributed by atoms with Crippen LogP contribution in [0, 0.1) is 11.8 Å². The first kappa shape index (κ1) is 18.3. The number of rotatable bonds is 6. The van der Waals surface area contributed by atoms with E-state index in [2.05, 4.69) is 76.8 Å². The van der Waals surface area contributed by atoms with Crippen molar-refractivity contribution in [2.75, 3.05) is 18.4 Å². The molecule has 27 heavy (non-hydrogen) atoms. The van der Waals surface area contributed by atoms with E-state index in [0.717, 1.165) is 12.1 Å². The number of fused-ring (bicyclic) bond motifs is 1. The molecule has 4 rings (SSSR count). The molecule has 1 saturated heterocycles. The Kier molecular flexibility index (Phi) is 5.63. The maximum Gasteiger partial charge on any atom is 0.0651 e. The molecule has 1 aromatic heterocycles. The Hall–Kier alpha value is -2.07. The van der Waals surface area contributed by atoms with Gasteiger partial charge in [-0.1, -0.05) is 44.6 Å². The Morgan fingerprint density at radius 1 is 1.30 bits per heavy atom. The van der Waals surface area contributed by atoms with Crippen LogP contribution in [0.2, 0.25) is 0 Å². The molecular weight excluding hydrogens is 332 g/mol. The molecule has 4 atom stereocenters. The number of likely N-dealkylation sites (tertiary alicyclic amines) is 1. The summed E-state index contributed by atoms with van der Waals surface area (Å²) in [5.41, 5.74) is 2.30. The van der Waals surface area contributed by atoms with Crippen molar-refractivity contribution in [1.82, 2.24) is 15.1 Å². The fourth-order valence-corrected chi connectivity index (χ4v) is 4.82. The quantitative estimate of drug-likeness (QED) is 0.759. The first-order valence-corrected chi connectivity index (χ1v) is 10.5. The number of hydrogen-bond acceptors (Lipinski definition) is 3. The van der Waals surface area contributed by atoms with Crippen LogP contribution in [0.25, 0.3) is 10.9 Å². The van der Waals surface area contributed by atoms with Crippen molar-refractivity contribution in [2.24, 2.45) is 11.8 Å². The highest BCUT2D eigenvalue weighted by Crippen LogP contribution is 2.31. The summed E-state index contributed by atoms with van der Waals surface area (Å²) >= 11 is 0. The normalized spacial score (nSPS) is 27.1. The number of allylic oxidation sites excluding steroid dienone is 3. The number of benzene rings is 1. The largest absolute Gasteiger partial charge is 0.381 e. The highest BCUT2D eigenvalue weighted by atomic mass is 15.2. The van der Waals surface area contributed by atoms with E-state index in [1.807, 2.05) is 6.20 Å². The lowest BCUT2D eigenvalue weighted by Crippen LogP contribution is -2.50. The van der Waals surface area contributed by atoms with Crippen LogP contribution >= 0.6 is 0 Å². The minimum absolute atomic E-state index is 0.515. The van der Waals surface area contributed by atoms with Crippen LogP contribution < -0.4 is 5.32 Å². The van der Waals surface area contributed by atoms with Crippen LogP contribution in [0.4, 0.5) is 5.69 Å². The Bertz CT molecular complexity index is 806. The number of hydrogen-bond donors (Lipinski definition) is 2. The fourth-order valence-electron chi connectivity index (χ4n) is 4.82. The summed E-state index contributed by atoms with van der Waals surface area (Å²) < 4.78 is 0. The van der Waals surface area contributed by atoms with Crippen molar-refractivity contribution >= 4 is 16.6 Å². The van der Waals surface area contributed by atoms with Gasteiger partial charge in [-0.25, -0.2) is 0 Å². The molecule has 0 radical (unpaired) electrons. The van der Waals surface area contributed by atoms with Gasteiger partial charge in [0.05, 0.1) is 11.7 Å². The number of nitrogens with zero attached hydrogens (tertiary/aromatic N) is 2. The van der Waals surface area contributed by atoms with Gasteiger partial charge in [0.1, 0.15) is 0 Å². The molecule has 1 fully saturated rings. The second-order valence-corrected chi connectivity index (χ2v) is 8.21. The molecule has 0 amide bonds. The molecular formula is C23H32N4. The van der Waals surface area contributed by atoms with Gasteiger partial charge < -0.3 is 5.32 Å². The van der Waals surface area contributed by atoms with Gasteiger partial charge in [0, 0.05) is 29.7 Å². The maximum atomic E-state index is 4.13. The van der Waals surface area contributed by atoms with Crippen LogP contribution in [0.1, 0.15) is 39.5 Å². The van der Waals surface area contributed by atoms with Crippen LogP contribution in [-0.4, -0.2) is 40.3 Å². The first-order chi connectivity index (χ1) is 13.2. The van der Waals surface area contributed by atoms with Crippen molar-refractivity contribution in [2.45, 2.75) is 51.6 Å². The predicted octanol–water partition coefficient (Wildman–Crippen LogP) is 4.99. The van der Waals surface area contributed by atoms with E-state index in [1.165, 1.54) is 43.3 Å². The van der Waals surface area contributed by atoms with E-state index in [1.54, 1.807) is 0 Å². The number of piperidine rings is 1. The highest BCUT2D eigenvalue weighted by Gasteiger charge is 2.32. The van der Waals surface area contributed by atoms with Gasteiger partial charge in [-0.2, -0.15) is 5.10 Å². The minimum atomic E-state index is 0.515. The van der Waals surface area contributed by atoms with E-state index < -0.39 is 0 Å². The van der Waals surface area contributed by atoms with Gasteiger partial charge in [-0.3, -0.25) is 10.00 Å². The summed E-state index contributed by atoms with van der Waals surface area (Å²) in [4.78, 5) is 2.76. The molecule has 2 aromatic rings. The minimum Gasteiger partial charge on any atom is -0.381 e. The Morgan fingerprint density at radius 2 is 2.19 bits per heavy atom. The van der Waals surface area contributed by atoms with Crippen molar-refractivity contribution < 1.29 is 0 Å². The van der Waals surface area contributed by atoms with E-state index >= 15 is 0 Å². The maximum absolute atomic E-state index is 4.13. The topological polar surface area (TPSA) is 44.0 Å². The molecule has 4 unspecified atom stereocenters. The summed E-state index contributed by atoms with van der Waals surface area (Å²) in [5.74, 6) is 1.26. The molecule has 0 saturated carbocycles. The smallest absolute Gasteiger partial charge is 0.0651 e. The monoisotopic (exact) mass is 364 g/mol. The summed E-state index contributed by atoms with van der Waals surface area (Å²) in [6, 6.07) is 7.65. The number of anilines is 1. The van der Waals surface area contributed by atoms with Gasteiger partial charge in [0.15, 0.2) is 0 Å². The summed E-state index contributed by atoms with van der Waals surface area (Å²) in [7, 11) is 0. The predicted molar refractivity (Wildman–Crippen MR) is 114 cm³/mol. The molecule has 1 aromatic carbocycles. The SMILES string of the molecule is CCCC(C1C=CC=CC1C)N1CCCC(Nc2ccc3[nH]ncc3c2)C1. The summed E-state index contributed by atoms with van der Waals surface area (Å²) in [6.07, 6.45) is 16.2. The fraction of sp³-hybridized carbons (Fsp3) is 0.522. The molecule has 144 valence electrons. The summed E-state index contributed by atoms with van der Waals surface area (Å²) in [5, 5.41) is 12.1. The average Bonchev–Trinajstić information content (AvgIpc) is 3.15. The lowest BCUT2D eigenvalue weighted by Gasteiger charge is -2.43. The molecule has 1 aliphatic carbocycles. The Balaban J connectivity index is 1.45. The standard InChI is InChI=1S/C23H32N4/c1-3-7-23(21-10-5-4-8-17(21)2)27-13-6-9-20(16-27)25-19-11-12-22-18(14-19)15-24-26-22/h4-5,8,10-12,14-15,17,20-21,23,25H,3,6-7,9,13,16H2,1-2H3,(H,24,26). The van der Waals surface area contributed by atoms with Crippen molar-refractivity contribution in [3.8, 4) is 0 Å². The molecule has 2 heterocycles. The van der Waals surface area contributed by atoms with Crippen LogP contribution in [-0.2, 0) is 0 Å². The average molecular weight is 365 g/mol. The van der Waals surface area contributed by atoms with Gasteiger partial charge in [-0.05, 0) is 55.8 Å². The van der Waals surface area contributed by atoms with E-state index in [9.17, 15) is 0 Å². The number of nitrogens with one attached hydrogen (secondary N) is 2. The second kappa shape index (κ2) is 8.30. The number of H-pyrrole nitrogens is 1. The Labute approximate surface area is 162 Å². The second-order valence-electron chi connectivity index (χ2n) is 8.21.